The first-order valence-corrected chi connectivity index (χ1v) is 5.29. The Morgan fingerprint density at radius 3 is 0.500 bits per heavy atom. The van der Waals surface area contributed by atoms with Crippen molar-refractivity contribution in [2.24, 2.45) is 0 Å². The van der Waals surface area contributed by atoms with Gasteiger partial charge in [0.25, 0.3) is 0 Å². The molecular formula is C15H30O14Y. The van der Waals surface area contributed by atoms with E-state index in [1.54, 1.807) is 0 Å². The van der Waals surface area contributed by atoms with Crippen molar-refractivity contribution in [2.75, 3.05) is 0 Å². The molecule has 0 aromatic carbocycles. The van der Waals surface area contributed by atoms with E-state index in [4.69, 9.17) is 62.3 Å². The maximum atomic E-state index is 8.81. The second kappa shape index (κ2) is 4470. The Kier molecular flexibility index (Phi) is 16200. The second-order valence-corrected chi connectivity index (χ2v) is 0.721. The zero-order valence-electron chi connectivity index (χ0n) is 16.6. The fourth-order valence-electron chi connectivity index (χ4n) is 0. The molecule has 2 N–H and O–H groups in total. The maximum Gasteiger partial charge on any atom is 0.373 e. The van der Waals surface area contributed by atoms with Gasteiger partial charge in [0.1, 0.15) is 46.5 Å². The molecule has 0 aromatic rings. The van der Waals surface area contributed by atoms with Crippen molar-refractivity contribution in [3.05, 3.63) is 0 Å². The van der Waals surface area contributed by atoms with Crippen molar-refractivity contribution in [2.45, 2.75) is 35.1 Å². The van der Waals surface area contributed by atoms with E-state index in [9.17, 15) is 0 Å². The Morgan fingerprint density at radius 1 is 0.500 bits per heavy atom. The predicted octanol–water partition coefficient (Wildman–Crippen LogP) is -1.43. The fourth-order valence-corrected chi connectivity index (χ4v) is 0. The molecule has 0 aliphatic heterocycles. The average Bonchev–Trinajstić information content (AvgIpc) is 2.74. The van der Waals surface area contributed by atoms with Gasteiger partial charge in [0.2, 0.25) is 0 Å². The van der Waals surface area contributed by atoms with Crippen LogP contribution in [0.3, 0.4) is 0 Å². The molecule has 0 rings (SSSR count). The smallest absolute Gasteiger partial charge is 0.373 e. The molecule has 0 spiro atoms. The first kappa shape index (κ1) is 108. The molecule has 0 aliphatic carbocycles. The number of hydrogen-bond acceptors (Lipinski definition) is 13. The molecule has 1 radical (unpaired) electrons. The van der Waals surface area contributed by atoms with E-state index in [-0.39, 0.29) is 64.1 Å². The zero-order chi connectivity index (χ0) is 25.5. The standard InChI is InChI=1S/2C2H4O.C2H6.3CO2.5CH2O.CH4.H2O.Y/c2*1-2-3;1-2;3*2-1-3;5*1-2;;;/h2*2H,1H3;1-2H3;;;;5*1H2;1H4;1H2;. The van der Waals surface area contributed by atoms with Gasteiger partial charge in [-0.2, -0.15) is 28.8 Å². The molecule has 0 aromatic heterocycles. The number of carbonyl (C=O) groups excluding carboxylic acids is 13. The summed E-state index contributed by atoms with van der Waals surface area (Å²) in [6, 6.07) is 0. The molecule has 177 valence electrons. The number of rotatable bonds is 0. The summed E-state index contributed by atoms with van der Waals surface area (Å²) >= 11 is 0. The van der Waals surface area contributed by atoms with Crippen LogP contribution in [0.4, 0.5) is 0 Å². The molecule has 30 heavy (non-hydrogen) atoms. The Bertz CT molecular complexity index is 237. The van der Waals surface area contributed by atoms with Crippen LogP contribution in [0.1, 0.15) is 35.1 Å². The monoisotopic (exact) mass is 523 g/mol. The van der Waals surface area contributed by atoms with Crippen LogP contribution in [-0.4, -0.2) is 70.4 Å². The van der Waals surface area contributed by atoms with Crippen molar-refractivity contribution in [3.63, 3.8) is 0 Å². The number of hydrogen-bond donors (Lipinski definition) is 0. The molecule has 0 saturated carbocycles. The molecular weight excluding hydrogens is 493 g/mol. The van der Waals surface area contributed by atoms with Gasteiger partial charge in [0.05, 0.1) is 0 Å². The first-order chi connectivity index (χ1) is 13.1. The number of aldehydes is 2. The van der Waals surface area contributed by atoms with Gasteiger partial charge in [-0.1, -0.05) is 21.3 Å². The van der Waals surface area contributed by atoms with Crippen LogP contribution in [0.15, 0.2) is 0 Å². The van der Waals surface area contributed by atoms with Crippen molar-refractivity contribution in [1.82, 2.24) is 0 Å². The van der Waals surface area contributed by atoms with Crippen molar-refractivity contribution in [1.29, 1.82) is 0 Å². The summed E-state index contributed by atoms with van der Waals surface area (Å²) in [5.41, 5.74) is 0. The van der Waals surface area contributed by atoms with Gasteiger partial charge < -0.3 is 39.0 Å². The molecule has 0 amide bonds. The molecule has 0 unspecified atom stereocenters. The summed E-state index contributed by atoms with van der Waals surface area (Å²) in [6.45, 7) is 16.9. The molecule has 0 fully saturated rings. The summed E-state index contributed by atoms with van der Waals surface area (Å²) in [4.78, 5) is 106. The van der Waals surface area contributed by atoms with E-state index in [1.807, 2.05) is 47.8 Å². The third-order valence-electron chi connectivity index (χ3n) is 0. The molecule has 0 aliphatic rings. The minimum atomic E-state index is 0. The van der Waals surface area contributed by atoms with Crippen LogP contribution >= 0.6 is 0 Å². The summed E-state index contributed by atoms with van der Waals surface area (Å²) in [7, 11) is 0. The Hall–Kier alpha value is -3.11. The van der Waals surface area contributed by atoms with Crippen LogP contribution in [0.25, 0.3) is 0 Å². The Balaban J connectivity index is -0.00000000780. The van der Waals surface area contributed by atoms with Crippen LogP contribution in [0.5, 0.6) is 0 Å². The molecule has 0 saturated heterocycles. The molecule has 14 nitrogen and oxygen atoms in total. The minimum absolute atomic E-state index is 0. The van der Waals surface area contributed by atoms with Gasteiger partial charge in [-0.15, -0.1) is 0 Å². The van der Waals surface area contributed by atoms with Crippen LogP contribution in [0, 0.1) is 0 Å². The van der Waals surface area contributed by atoms with Gasteiger partial charge in [0.15, 0.2) is 0 Å². The maximum absolute atomic E-state index is 8.81. The van der Waals surface area contributed by atoms with Crippen molar-refractivity contribution < 1.29 is 101 Å². The molecule has 0 atom stereocenters. The third kappa shape index (κ3) is 1470. The normalized spacial score (nSPS) is 2.53. The summed E-state index contributed by atoms with van der Waals surface area (Å²) in [6.07, 6.45) is 2.25. The Morgan fingerprint density at radius 2 is 0.500 bits per heavy atom. The topological polar surface area (TPSA) is 253 Å². The van der Waals surface area contributed by atoms with Crippen molar-refractivity contribution in [3.8, 4) is 0 Å². The average molecular weight is 523 g/mol. The largest absolute Gasteiger partial charge is 0.412 e. The molecule has 15 heteroatoms. The van der Waals surface area contributed by atoms with E-state index >= 15 is 0 Å². The summed E-state index contributed by atoms with van der Waals surface area (Å²) in [5, 5.41) is 0. The van der Waals surface area contributed by atoms with E-state index < -0.39 is 0 Å². The predicted molar refractivity (Wildman–Crippen MR) is 95.8 cm³/mol. The van der Waals surface area contributed by atoms with Gasteiger partial charge in [0, 0.05) is 32.7 Å². The van der Waals surface area contributed by atoms with E-state index in [2.05, 4.69) is 0 Å². The first-order valence-electron chi connectivity index (χ1n) is 5.29. The van der Waals surface area contributed by atoms with Gasteiger partial charge >= 0.3 is 18.5 Å². The zero-order valence-corrected chi connectivity index (χ0v) is 19.4. The van der Waals surface area contributed by atoms with E-state index in [0.717, 1.165) is 12.6 Å². The van der Waals surface area contributed by atoms with Gasteiger partial charge in [-0.25, -0.2) is 0 Å². The van der Waals surface area contributed by atoms with Crippen LogP contribution in [-0.2, 0) is 95.0 Å². The second-order valence-electron chi connectivity index (χ2n) is 0.721. The van der Waals surface area contributed by atoms with Gasteiger partial charge in [-0.05, 0) is 13.8 Å². The van der Waals surface area contributed by atoms with Crippen molar-refractivity contribution >= 4 is 65.0 Å². The Labute approximate surface area is 200 Å². The summed E-state index contributed by atoms with van der Waals surface area (Å²) < 4.78 is 0. The van der Waals surface area contributed by atoms with E-state index in [0.29, 0.717) is 0 Å². The molecule has 0 bridgehead atoms. The summed E-state index contributed by atoms with van der Waals surface area (Å²) in [5.74, 6) is 0. The van der Waals surface area contributed by atoms with Crippen LogP contribution in [0.2, 0.25) is 0 Å². The van der Waals surface area contributed by atoms with Crippen LogP contribution < -0.4 is 0 Å². The van der Waals surface area contributed by atoms with Gasteiger partial charge in [-0.3, -0.25) is 0 Å². The van der Waals surface area contributed by atoms with E-state index in [1.165, 1.54) is 13.8 Å². The molecule has 0 heterocycles. The SMILES string of the molecule is C.C=O.C=O.C=O.C=O.C=O.CC.CC=O.CC=O.O.O=C=O.O=C=O.O=C=O.[Y]. The number of carbonyl (C=O) groups is 7. The fraction of sp³-hybridized carbons (Fsp3) is 0.333. The quantitative estimate of drug-likeness (QED) is 0.330. The minimum Gasteiger partial charge on any atom is -0.412 e. The third-order valence-corrected chi connectivity index (χ3v) is 0.